The van der Waals surface area contributed by atoms with Gasteiger partial charge in [-0.1, -0.05) is 12.1 Å². The summed E-state index contributed by atoms with van der Waals surface area (Å²) in [4.78, 5) is 17.8. The highest BCUT2D eigenvalue weighted by Gasteiger charge is 2.14. The summed E-state index contributed by atoms with van der Waals surface area (Å²) in [6.45, 7) is 1.56. The number of aliphatic hydroxyl groups excluding tert-OH is 1. The van der Waals surface area contributed by atoms with Crippen LogP contribution in [0.3, 0.4) is 0 Å². The minimum atomic E-state index is -0.793. The molecule has 0 radical (unpaired) electrons. The number of nitrogens with one attached hydrogen (secondary N) is 1. The molecular weight excluding hydrogens is 255 g/mol. The van der Waals surface area contributed by atoms with E-state index in [4.69, 9.17) is 0 Å². The first-order valence-corrected chi connectivity index (χ1v) is 6.09. The molecule has 18 heavy (non-hydrogen) atoms. The first-order valence-electron chi connectivity index (χ1n) is 5.27. The lowest BCUT2D eigenvalue weighted by Crippen LogP contribution is -2.06. The van der Waals surface area contributed by atoms with E-state index in [1.165, 1.54) is 24.4 Å². The number of hydrogen-bond donors (Lipinski definition) is 2. The highest BCUT2D eigenvalue weighted by molar-refractivity contribution is 7.99. The Labute approximate surface area is 107 Å². The van der Waals surface area contributed by atoms with Crippen molar-refractivity contribution in [3.8, 4) is 0 Å². The van der Waals surface area contributed by atoms with Crippen molar-refractivity contribution in [2.75, 3.05) is 0 Å². The van der Waals surface area contributed by atoms with Crippen LogP contribution in [-0.2, 0) is 0 Å². The van der Waals surface area contributed by atoms with Gasteiger partial charge in [0.05, 0.1) is 11.0 Å². The van der Waals surface area contributed by atoms with Crippen molar-refractivity contribution in [1.29, 1.82) is 0 Å². The Bertz CT molecular complexity index is 613. The molecule has 0 amide bonds. The van der Waals surface area contributed by atoms with Crippen molar-refractivity contribution >= 4 is 11.8 Å². The third-order valence-corrected chi connectivity index (χ3v) is 3.33. The van der Waals surface area contributed by atoms with Crippen molar-refractivity contribution in [3.63, 3.8) is 0 Å². The Morgan fingerprint density at radius 3 is 2.89 bits per heavy atom. The van der Waals surface area contributed by atoms with Crippen LogP contribution in [0, 0.1) is 5.82 Å². The zero-order valence-corrected chi connectivity index (χ0v) is 10.4. The molecule has 1 aromatic carbocycles. The number of rotatable bonds is 3. The van der Waals surface area contributed by atoms with E-state index in [1.807, 2.05) is 0 Å². The number of aliphatic hydroxyl groups is 1. The second-order valence-corrected chi connectivity index (χ2v) is 4.67. The number of benzene rings is 1. The fourth-order valence-corrected chi connectivity index (χ4v) is 2.44. The second kappa shape index (κ2) is 5.32. The zero-order chi connectivity index (χ0) is 13.1. The van der Waals surface area contributed by atoms with Crippen LogP contribution < -0.4 is 5.56 Å². The standard InChI is InChI=1S/C12H11FN2O2S/c1-7(16)8-3-2-4-9(13)11(8)18-12-14-6-5-10(17)15-12/h2-7,16H,1H3,(H,14,15,17)/t7-/m0/s1. The third-order valence-electron chi connectivity index (χ3n) is 2.29. The molecular formula is C12H11FN2O2S. The van der Waals surface area contributed by atoms with Crippen LogP contribution in [0.1, 0.15) is 18.6 Å². The van der Waals surface area contributed by atoms with E-state index in [2.05, 4.69) is 9.97 Å². The third kappa shape index (κ3) is 2.77. The van der Waals surface area contributed by atoms with Crippen molar-refractivity contribution < 1.29 is 9.50 Å². The van der Waals surface area contributed by atoms with Gasteiger partial charge in [0.25, 0.3) is 5.56 Å². The number of hydrogen-bond acceptors (Lipinski definition) is 4. The molecule has 0 aliphatic heterocycles. The van der Waals surface area contributed by atoms with Crippen molar-refractivity contribution in [3.05, 3.63) is 52.2 Å². The van der Waals surface area contributed by atoms with Crippen LogP contribution in [0.2, 0.25) is 0 Å². The fourth-order valence-electron chi connectivity index (χ4n) is 1.46. The first kappa shape index (κ1) is 12.8. The lowest BCUT2D eigenvalue weighted by molar-refractivity contribution is 0.195. The Kier molecular flexibility index (Phi) is 3.78. The minimum absolute atomic E-state index is 0.266. The van der Waals surface area contributed by atoms with Gasteiger partial charge < -0.3 is 10.1 Å². The molecule has 1 atom stereocenters. The van der Waals surface area contributed by atoms with Gasteiger partial charge >= 0.3 is 0 Å². The summed E-state index contributed by atoms with van der Waals surface area (Å²) >= 11 is 0.982. The van der Waals surface area contributed by atoms with Crippen molar-refractivity contribution in [1.82, 2.24) is 9.97 Å². The number of nitrogens with zero attached hydrogens (tertiary/aromatic N) is 1. The highest BCUT2D eigenvalue weighted by atomic mass is 32.2. The van der Waals surface area contributed by atoms with Gasteiger partial charge in [-0.25, -0.2) is 9.37 Å². The van der Waals surface area contributed by atoms with E-state index in [0.29, 0.717) is 5.56 Å². The molecule has 0 spiro atoms. The summed E-state index contributed by atoms with van der Waals surface area (Å²) in [5.74, 6) is -0.454. The quantitative estimate of drug-likeness (QED) is 0.835. The van der Waals surface area contributed by atoms with Crippen LogP contribution in [0.15, 0.2) is 45.3 Å². The predicted molar refractivity (Wildman–Crippen MR) is 66.0 cm³/mol. The van der Waals surface area contributed by atoms with Gasteiger partial charge in [-0.15, -0.1) is 0 Å². The Morgan fingerprint density at radius 1 is 1.44 bits per heavy atom. The summed E-state index contributed by atoms with van der Waals surface area (Å²) in [5, 5.41) is 9.88. The van der Waals surface area contributed by atoms with E-state index in [0.717, 1.165) is 11.8 Å². The van der Waals surface area contributed by atoms with E-state index in [-0.39, 0.29) is 15.6 Å². The maximum Gasteiger partial charge on any atom is 0.251 e. The lowest BCUT2D eigenvalue weighted by Gasteiger charge is -2.11. The Morgan fingerprint density at radius 2 is 2.22 bits per heavy atom. The average Bonchev–Trinajstić information content (AvgIpc) is 2.31. The SMILES string of the molecule is C[C@H](O)c1cccc(F)c1Sc1nccc(=O)[nH]1. The van der Waals surface area contributed by atoms with Gasteiger partial charge in [-0.2, -0.15) is 0 Å². The number of H-pyrrole nitrogens is 1. The van der Waals surface area contributed by atoms with Crippen molar-refractivity contribution in [2.45, 2.75) is 23.1 Å². The van der Waals surface area contributed by atoms with Gasteiger partial charge in [0.1, 0.15) is 5.82 Å². The molecule has 0 saturated heterocycles. The topological polar surface area (TPSA) is 66.0 Å². The summed E-state index contributed by atoms with van der Waals surface area (Å²) in [5.41, 5.74) is 0.161. The van der Waals surface area contributed by atoms with Gasteiger partial charge in [-0.3, -0.25) is 4.79 Å². The molecule has 1 aromatic heterocycles. The molecule has 4 nitrogen and oxygen atoms in total. The summed E-state index contributed by atoms with van der Waals surface area (Å²) in [7, 11) is 0. The predicted octanol–water partition coefficient (Wildman–Crippen LogP) is 2.11. The van der Waals surface area contributed by atoms with Crippen molar-refractivity contribution in [2.24, 2.45) is 0 Å². The molecule has 2 N–H and O–H groups in total. The van der Waals surface area contributed by atoms with Gasteiger partial charge in [0, 0.05) is 12.3 Å². The minimum Gasteiger partial charge on any atom is -0.389 e. The van der Waals surface area contributed by atoms with Crippen LogP contribution in [0.5, 0.6) is 0 Å². The molecule has 0 fully saturated rings. The molecule has 0 saturated carbocycles. The van der Waals surface area contributed by atoms with Crippen LogP contribution in [0.4, 0.5) is 4.39 Å². The lowest BCUT2D eigenvalue weighted by atomic mass is 10.1. The molecule has 2 aromatic rings. The molecule has 1 heterocycles. The Balaban J connectivity index is 2.42. The fraction of sp³-hybridized carbons (Fsp3) is 0.167. The molecule has 94 valence electrons. The van der Waals surface area contributed by atoms with Crippen LogP contribution in [0.25, 0.3) is 0 Å². The highest BCUT2D eigenvalue weighted by Crippen LogP contribution is 2.33. The maximum atomic E-state index is 13.7. The van der Waals surface area contributed by atoms with E-state index in [1.54, 1.807) is 13.0 Å². The van der Waals surface area contributed by atoms with Gasteiger partial charge in [-0.05, 0) is 30.3 Å². The average molecular weight is 266 g/mol. The van der Waals surface area contributed by atoms with E-state index in [9.17, 15) is 14.3 Å². The van der Waals surface area contributed by atoms with Crippen LogP contribution >= 0.6 is 11.8 Å². The van der Waals surface area contributed by atoms with E-state index < -0.39 is 11.9 Å². The monoisotopic (exact) mass is 266 g/mol. The smallest absolute Gasteiger partial charge is 0.251 e. The zero-order valence-electron chi connectivity index (χ0n) is 9.55. The van der Waals surface area contributed by atoms with Gasteiger partial charge in [0.2, 0.25) is 0 Å². The first-order chi connectivity index (χ1) is 8.58. The number of halogens is 1. The molecule has 0 aliphatic rings. The molecule has 0 aliphatic carbocycles. The largest absolute Gasteiger partial charge is 0.389 e. The number of aromatic amines is 1. The molecule has 6 heteroatoms. The summed E-state index contributed by atoms with van der Waals surface area (Å²) < 4.78 is 13.7. The van der Waals surface area contributed by atoms with Crippen LogP contribution in [-0.4, -0.2) is 15.1 Å². The van der Waals surface area contributed by atoms with Gasteiger partial charge in [0.15, 0.2) is 5.16 Å². The Hall–Kier alpha value is -1.66. The van der Waals surface area contributed by atoms with E-state index >= 15 is 0 Å². The normalized spacial score (nSPS) is 12.4. The summed E-state index contributed by atoms with van der Waals surface area (Å²) in [6, 6.07) is 5.75. The molecule has 0 unspecified atom stereocenters. The number of aromatic nitrogens is 2. The second-order valence-electron chi connectivity index (χ2n) is 3.68. The summed E-state index contributed by atoms with van der Waals surface area (Å²) in [6.07, 6.45) is 0.558. The molecule has 0 bridgehead atoms. The maximum absolute atomic E-state index is 13.7. The molecule has 2 rings (SSSR count).